The summed E-state index contributed by atoms with van der Waals surface area (Å²) in [6.45, 7) is 4.35. The molecule has 8 heteroatoms. The number of hydrogen-bond acceptors (Lipinski definition) is 8. The van der Waals surface area contributed by atoms with Gasteiger partial charge in [-0.25, -0.2) is 0 Å². The molecule has 6 nitrogen and oxygen atoms in total. The van der Waals surface area contributed by atoms with Crippen molar-refractivity contribution in [2.75, 3.05) is 51.0 Å². The van der Waals surface area contributed by atoms with Crippen LogP contribution in [0.1, 0.15) is 19.8 Å². The van der Waals surface area contributed by atoms with Gasteiger partial charge in [-0.3, -0.25) is 9.98 Å². The lowest BCUT2D eigenvalue weighted by atomic mass is 10.1. The first-order valence-corrected chi connectivity index (χ1v) is 9.18. The van der Waals surface area contributed by atoms with E-state index in [1.807, 2.05) is 6.92 Å². The Bertz CT molecular complexity index is 331. The van der Waals surface area contributed by atoms with Gasteiger partial charge in [0, 0.05) is 44.0 Å². The molecule has 0 aliphatic heterocycles. The zero-order valence-electron chi connectivity index (χ0n) is 13.8. The highest BCUT2D eigenvalue weighted by atomic mass is 32.1. The molecule has 0 aliphatic carbocycles. The van der Waals surface area contributed by atoms with Gasteiger partial charge >= 0.3 is 0 Å². The normalized spacial score (nSPS) is 15.3. The number of aliphatic imine (C=N–C) groups is 2. The van der Waals surface area contributed by atoms with E-state index in [2.05, 4.69) is 35.2 Å². The lowest BCUT2D eigenvalue weighted by Crippen LogP contribution is -2.32. The number of aliphatic hydroxyl groups is 2. The average Bonchev–Trinajstić information content (AvgIpc) is 2.56. The predicted molar refractivity (Wildman–Crippen MR) is 102 cm³/mol. The Kier molecular flexibility index (Phi) is 16.6. The van der Waals surface area contributed by atoms with Crippen molar-refractivity contribution in [1.82, 2.24) is 0 Å². The first-order chi connectivity index (χ1) is 11.2. The second-order valence-electron chi connectivity index (χ2n) is 4.83. The van der Waals surface area contributed by atoms with E-state index in [0.29, 0.717) is 57.3 Å². The van der Waals surface area contributed by atoms with E-state index < -0.39 is 6.10 Å². The molecule has 0 amide bonds. The highest BCUT2D eigenvalue weighted by molar-refractivity contribution is 7.80. The molecule has 0 radical (unpaired) electrons. The minimum Gasteiger partial charge on any atom is -0.396 e. The van der Waals surface area contributed by atoms with E-state index in [-0.39, 0.29) is 12.7 Å². The summed E-state index contributed by atoms with van der Waals surface area (Å²) in [7, 11) is 0. The summed E-state index contributed by atoms with van der Waals surface area (Å²) in [5.74, 6) is 1.29. The smallest absolute Gasteiger partial charge is 0.115 e. The lowest BCUT2D eigenvalue weighted by molar-refractivity contribution is 0.00626. The van der Waals surface area contributed by atoms with Crippen LogP contribution in [0.5, 0.6) is 0 Å². The summed E-state index contributed by atoms with van der Waals surface area (Å²) in [4.78, 5) is 8.47. The van der Waals surface area contributed by atoms with Gasteiger partial charge in [0.25, 0.3) is 0 Å². The molecule has 0 fully saturated rings. The number of hydrogen-bond donors (Lipinski definition) is 4. The molecule has 0 saturated carbocycles. The maximum atomic E-state index is 10.1. The van der Waals surface area contributed by atoms with Crippen LogP contribution in [0.25, 0.3) is 0 Å². The Balaban J connectivity index is 4.36. The summed E-state index contributed by atoms with van der Waals surface area (Å²) in [5, 5.41) is 18.8. The van der Waals surface area contributed by atoms with E-state index in [9.17, 15) is 5.11 Å². The molecule has 0 aromatic rings. The average molecular weight is 367 g/mol. The minimum atomic E-state index is -0.749. The fourth-order valence-electron chi connectivity index (χ4n) is 1.70. The van der Waals surface area contributed by atoms with Crippen LogP contribution in [-0.4, -0.2) is 85.4 Å². The van der Waals surface area contributed by atoms with Crippen molar-refractivity contribution >= 4 is 37.2 Å². The standard InChI is InChI=1S/C15H30N2O4S2/c1-2-15(14(19)10-16-4-8-22)21-12-13(17-5-9-23)11-20-7-3-6-18/h10,14-15,18-19,22-23H,2-9,11-12H2,1H3. The van der Waals surface area contributed by atoms with Crippen LogP contribution in [0, 0.1) is 0 Å². The number of ether oxygens (including phenoxy) is 2. The number of nitrogens with zero attached hydrogens (tertiary/aromatic N) is 2. The minimum absolute atomic E-state index is 0.106. The highest BCUT2D eigenvalue weighted by Crippen LogP contribution is 2.04. The van der Waals surface area contributed by atoms with Crippen LogP contribution in [0.3, 0.4) is 0 Å². The molecule has 2 atom stereocenters. The molecule has 23 heavy (non-hydrogen) atoms. The second-order valence-corrected chi connectivity index (χ2v) is 5.72. The molecule has 2 N–H and O–H groups in total. The van der Waals surface area contributed by atoms with Gasteiger partial charge in [-0.1, -0.05) is 6.92 Å². The van der Waals surface area contributed by atoms with Gasteiger partial charge in [-0.15, -0.1) is 0 Å². The summed E-state index contributed by atoms with van der Waals surface area (Å²) in [6, 6.07) is 0. The molecule has 0 heterocycles. The Morgan fingerprint density at radius 1 is 1.22 bits per heavy atom. The molecule has 2 unspecified atom stereocenters. The van der Waals surface area contributed by atoms with E-state index >= 15 is 0 Å². The van der Waals surface area contributed by atoms with E-state index in [4.69, 9.17) is 14.6 Å². The third-order valence-corrected chi connectivity index (χ3v) is 3.29. The quantitative estimate of drug-likeness (QED) is 0.197. The number of aliphatic hydroxyl groups excluding tert-OH is 2. The summed E-state index contributed by atoms with van der Waals surface area (Å²) in [5.41, 5.74) is 0.773. The van der Waals surface area contributed by atoms with Crippen LogP contribution < -0.4 is 0 Å². The number of rotatable bonds is 15. The van der Waals surface area contributed by atoms with Crippen molar-refractivity contribution in [1.29, 1.82) is 0 Å². The molecule has 0 aromatic heterocycles. The zero-order chi connectivity index (χ0) is 17.3. The molecule has 136 valence electrons. The molecule has 0 spiro atoms. The van der Waals surface area contributed by atoms with Gasteiger partial charge in [0.15, 0.2) is 0 Å². The van der Waals surface area contributed by atoms with Crippen molar-refractivity contribution < 1.29 is 19.7 Å². The SMILES string of the molecule is CCC(OCC(COCCCO)=NCCS)C(O)C=NCCS. The molecule has 0 bridgehead atoms. The van der Waals surface area contributed by atoms with E-state index in [1.54, 1.807) is 0 Å². The zero-order valence-corrected chi connectivity index (χ0v) is 15.6. The highest BCUT2D eigenvalue weighted by Gasteiger charge is 2.17. The first kappa shape index (κ1) is 22.9. The Morgan fingerprint density at radius 2 is 1.96 bits per heavy atom. The van der Waals surface area contributed by atoms with Crippen molar-refractivity contribution in [2.24, 2.45) is 9.98 Å². The van der Waals surface area contributed by atoms with Gasteiger partial charge in [0.2, 0.25) is 0 Å². The fraction of sp³-hybridized carbons (Fsp3) is 0.867. The number of thiol groups is 2. The molecular formula is C15H30N2O4S2. The molecule has 0 saturated heterocycles. The van der Waals surface area contributed by atoms with Gasteiger partial charge < -0.3 is 19.7 Å². The van der Waals surface area contributed by atoms with Crippen LogP contribution >= 0.6 is 25.3 Å². The van der Waals surface area contributed by atoms with Crippen molar-refractivity contribution in [3.63, 3.8) is 0 Å². The summed E-state index contributed by atoms with van der Waals surface area (Å²) >= 11 is 8.21. The maximum Gasteiger partial charge on any atom is 0.115 e. The second kappa shape index (κ2) is 16.7. The molecular weight excluding hydrogens is 336 g/mol. The summed E-state index contributed by atoms with van der Waals surface area (Å²) < 4.78 is 11.2. The predicted octanol–water partition coefficient (Wildman–Crippen LogP) is 0.913. The molecule has 0 rings (SSSR count). The van der Waals surface area contributed by atoms with Gasteiger partial charge in [0.1, 0.15) is 6.10 Å². The summed E-state index contributed by atoms with van der Waals surface area (Å²) in [6.07, 6.45) is 1.68. The maximum absolute atomic E-state index is 10.1. The van der Waals surface area contributed by atoms with Crippen molar-refractivity contribution in [2.45, 2.75) is 32.0 Å². The molecule has 0 aromatic carbocycles. The Morgan fingerprint density at radius 3 is 2.57 bits per heavy atom. The third kappa shape index (κ3) is 12.9. The topological polar surface area (TPSA) is 83.6 Å². The van der Waals surface area contributed by atoms with Gasteiger partial charge in [-0.2, -0.15) is 25.3 Å². The lowest BCUT2D eigenvalue weighted by Gasteiger charge is -2.20. The van der Waals surface area contributed by atoms with Gasteiger partial charge in [0.05, 0.1) is 25.0 Å². The first-order valence-electron chi connectivity index (χ1n) is 7.91. The molecule has 0 aliphatic rings. The Hall–Kier alpha value is -0.120. The fourth-order valence-corrected chi connectivity index (χ4v) is 1.91. The van der Waals surface area contributed by atoms with E-state index in [1.165, 1.54) is 6.21 Å². The van der Waals surface area contributed by atoms with Gasteiger partial charge in [-0.05, 0) is 12.8 Å². The largest absolute Gasteiger partial charge is 0.396 e. The van der Waals surface area contributed by atoms with Crippen LogP contribution in [-0.2, 0) is 9.47 Å². The monoisotopic (exact) mass is 366 g/mol. The Labute approximate surface area is 150 Å². The van der Waals surface area contributed by atoms with Crippen LogP contribution in [0.2, 0.25) is 0 Å². The van der Waals surface area contributed by atoms with E-state index in [0.717, 1.165) is 5.71 Å². The third-order valence-electron chi connectivity index (χ3n) is 2.89. The van der Waals surface area contributed by atoms with Crippen molar-refractivity contribution in [3.8, 4) is 0 Å². The van der Waals surface area contributed by atoms with Crippen LogP contribution in [0.4, 0.5) is 0 Å². The van der Waals surface area contributed by atoms with Crippen LogP contribution in [0.15, 0.2) is 9.98 Å². The van der Waals surface area contributed by atoms with Crippen molar-refractivity contribution in [3.05, 3.63) is 0 Å².